The number of carbonyl (C=O) groups excluding carboxylic acids is 1. The number of rotatable bonds is 7. The number of carbonyl (C=O) groups is 1. The monoisotopic (exact) mass is 409 g/mol. The van der Waals surface area contributed by atoms with Gasteiger partial charge in [0.2, 0.25) is 5.91 Å². The fourth-order valence-corrected chi connectivity index (χ4v) is 4.40. The van der Waals surface area contributed by atoms with Gasteiger partial charge in [-0.05, 0) is 45.4 Å². The summed E-state index contributed by atoms with van der Waals surface area (Å²) in [6.45, 7) is 8.98. The highest BCUT2D eigenvalue weighted by Gasteiger charge is 2.24. The van der Waals surface area contributed by atoms with E-state index in [4.69, 9.17) is 4.98 Å². The molecule has 0 aliphatic carbocycles. The van der Waals surface area contributed by atoms with Crippen LogP contribution in [0.1, 0.15) is 39.3 Å². The van der Waals surface area contributed by atoms with Crippen molar-refractivity contribution in [1.29, 1.82) is 0 Å². The lowest BCUT2D eigenvalue weighted by atomic mass is 10.2. The minimum Gasteiger partial charge on any atom is -0.338 e. The highest BCUT2D eigenvalue weighted by molar-refractivity contribution is 8.00. The lowest BCUT2D eigenvalue weighted by Crippen LogP contribution is -2.36. The first-order valence-electron chi connectivity index (χ1n) is 9.93. The van der Waals surface area contributed by atoms with Crippen LogP contribution in [0.4, 0.5) is 0 Å². The number of nitrogens with zero attached hydrogens (tertiary/aromatic N) is 3. The van der Waals surface area contributed by atoms with Crippen molar-refractivity contribution in [2.24, 2.45) is 0 Å². The molecule has 3 rings (SSSR count). The minimum atomic E-state index is -0.350. The van der Waals surface area contributed by atoms with Gasteiger partial charge in [-0.15, -0.1) is 0 Å². The fraction of sp³-hybridized carbons (Fsp3) is 0.348. The molecule has 0 radical (unpaired) electrons. The van der Waals surface area contributed by atoms with Crippen LogP contribution >= 0.6 is 11.8 Å². The Labute approximate surface area is 175 Å². The van der Waals surface area contributed by atoms with Gasteiger partial charge in [0.15, 0.2) is 5.16 Å². The molecule has 152 valence electrons. The lowest BCUT2D eigenvalue weighted by molar-refractivity contribution is -0.130. The lowest BCUT2D eigenvalue weighted by Gasteiger charge is -2.25. The summed E-state index contributed by atoms with van der Waals surface area (Å²) in [4.78, 5) is 32.6. The van der Waals surface area contributed by atoms with E-state index in [0.717, 1.165) is 5.56 Å². The van der Waals surface area contributed by atoms with Crippen molar-refractivity contribution in [3.05, 3.63) is 70.5 Å². The number of hydrogen-bond acceptors (Lipinski definition) is 4. The van der Waals surface area contributed by atoms with Crippen molar-refractivity contribution in [2.75, 3.05) is 6.54 Å². The van der Waals surface area contributed by atoms with Crippen LogP contribution in [0.5, 0.6) is 0 Å². The van der Waals surface area contributed by atoms with Gasteiger partial charge in [-0.2, -0.15) is 0 Å². The fourth-order valence-electron chi connectivity index (χ4n) is 3.28. The predicted octanol–water partition coefficient (Wildman–Crippen LogP) is 4.51. The molecule has 3 aromatic rings. The second kappa shape index (κ2) is 9.27. The third kappa shape index (κ3) is 4.70. The van der Waals surface area contributed by atoms with E-state index in [1.807, 2.05) is 81.1 Å². The summed E-state index contributed by atoms with van der Waals surface area (Å²) in [5, 5.41) is 0.834. The van der Waals surface area contributed by atoms with E-state index in [9.17, 15) is 9.59 Å². The Morgan fingerprint density at radius 2 is 1.72 bits per heavy atom. The van der Waals surface area contributed by atoms with Crippen LogP contribution in [0, 0.1) is 0 Å². The van der Waals surface area contributed by atoms with Gasteiger partial charge in [-0.1, -0.05) is 54.2 Å². The van der Waals surface area contributed by atoms with E-state index in [-0.39, 0.29) is 22.8 Å². The van der Waals surface area contributed by atoms with Gasteiger partial charge in [-0.3, -0.25) is 14.2 Å². The van der Waals surface area contributed by atoms with E-state index in [0.29, 0.717) is 29.1 Å². The Kier molecular flexibility index (Phi) is 6.75. The van der Waals surface area contributed by atoms with Crippen LogP contribution in [0.25, 0.3) is 10.9 Å². The molecule has 0 bridgehead atoms. The Bertz CT molecular complexity index is 1050. The molecule has 5 nitrogen and oxygen atoms in total. The molecule has 0 spiro atoms. The Hall–Kier alpha value is -2.60. The first kappa shape index (κ1) is 21.1. The molecular formula is C23H27N3O2S. The average molecular weight is 410 g/mol. The topological polar surface area (TPSA) is 55.2 Å². The van der Waals surface area contributed by atoms with Gasteiger partial charge in [0.05, 0.1) is 16.2 Å². The molecule has 29 heavy (non-hydrogen) atoms. The number of benzene rings is 2. The highest BCUT2D eigenvalue weighted by Crippen LogP contribution is 2.26. The molecule has 1 unspecified atom stereocenters. The standard InChI is InChI=1S/C23H27N3O2S/c1-5-25(15-18-11-7-6-8-12-18)21(27)17(4)29-23-24-20-14-10-9-13-19(20)22(28)26(23)16(2)3/h6-14,16-17H,5,15H2,1-4H3. The van der Waals surface area contributed by atoms with E-state index in [2.05, 4.69) is 0 Å². The van der Waals surface area contributed by atoms with Gasteiger partial charge in [0.25, 0.3) is 5.56 Å². The molecule has 6 heteroatoms. The Morgan fingerprint density at radius 3 is 2.38 bits per heavy atom. The van der Waals surface area contributed by atoms with Crippen molar-refractivity contribution < 1.29 is 4.79 Å². The van der Waals surface area contributed by atoms with Crippen molar-refractivity contribution in [3.8, 4) is 0 Å². The molecule has 0 aliphatic rings. The largest absolute Gasteiger partial charge is 0.338 e. The maximum Gasteiger partial charge on any atom is 0.262 e. The van der Waals surface area contributed by atoms with Crippen molar-refractivity contribution in [3.63, 3.8) is 0 Å². The highest BCUT2D eigenvalue weighted by atomic mass is 32.2. The zero-order valence-corrected chi connectivity index (χ0v) is 18.1. The molecule has 0 saturated heterocycles. The number of para-hydroxylation sites is 1. The Balaban J connectivity index is 1.88. The molecule has 1 aromatic heterocycles. The number of thioether (sulfide) groups is 1. The van der Waals surface area contributed by atoms with E-state index in [1.54, 1.807) is 10.6 Å². The van der Waals surface area contributed by atoms with Crippen LogP contribution in [-0.2, 0) is 11.3 Å². The summed E-state index contributed by atoms with van der Waals surface area (Å²) in [6.07, 6.45) is 0. The summed E-state index contributed by atoms with van der Waals surface area (Å²) in [5.41, 5.74) is 1.69. The smallest absolute Gasteiger partial charge is 0.262 e. The number of fused-ring (bicyclic) bond motifs is 1. The summed E-state index contributed by atoms with van der Waals surface area (Å²) in [6, 6.07) is 17.3. The molecule has 0 N–H and O–H groups in total. The zero-order valence-electron chi connectivity index (χ0n) is 17.3. The van der Waals surface area contributed by atoms with Gasteiger partial charge < -0.3 is 4.90 Å². The van der Waals surface area contributed by atoms with E-state index < -0.39 is 0 Å². The summed E-state index contributed by atoms with van der Waals surface area (Å²) in [7, 11) is 0. The molecule has 1 atom stereocenters. The minimum absolute atomic E-state index is 0.0408. The van der Waals surface area contributed by atoms with Crippen LogP contribution in [0.15, 0.2) is 64.5 Å². The number of hydrogen-bond donors (Lipinski definition) is 0. The predicted molar refractivity (Wildman–Crippen MR) is 119 cm³/mol. The average Bonchev–Trinajstić information content (AvgIpc) is 2.72. The molecular weight excluding hydrogens is 382 g/mol. The van der Waals surface area contributed by atoms with Gasteiger partial charge in [0, 0.05) is 19.1 Å². The van der Waals surface area contributed by atoms with Gasteiger partial charge in [0.1, 0.15) is 0 Å². The Morgan fingerprint density at radius 1 is 1.07 bits per heavy atom. The first-order valence-corrected chi connectivity index (χ1v) is 10.8. The van der Waals surface area contributed by atoms with E-state index >= 15 is 0 Å². The van der Waals surface area contributed by atoms with Crippen molar-refractivity contribution in [1.82, 2.24) is 14.5 Å². The third-order valence-electron chi connectivity index (χ3n) is 4.83. The quantitative estimate of drug-likeness (QED) is 0.426. The second-order valence-electron chi connectivity index (χ2n) is 7.28. The van der Waals surface area contributed by atoms with Crippen molar-refractivity contribution in [2.45, 2.75) is 50.7 Å². The molecule has 0 fully saturated rings. The molecule has 2 aromatic carbocycles. The number of amides is 1. The number of aromatic nitrogens is 2. The van der Waals surface area contributed by atoms with Crippen molar-refractivity contribution >= 4 is 28.6 Å². The van der Waals surface area contributed by atoms with Crippen LogP contribution < -0.4 is 5.56 Å². The molecule has 0 aliphatic heterocycles. The molecule has 0 saturated carbocycles. The van der Waals surface area contributed by atoms with Crippen LogP contribution in [0.3, 0.4) is 0 Å². The van der Waals surface area contributed by atoms with Gasteiger partial charge >= 0.3 is 0 Å². The SMILES string of the molecule is CCN(Cc1ccccc1)C(=O)C(C)Sc1nc2ccccc2c(=O)n1C(C)C. The maximum atomic E-state index is 13.1. The molecule has 1 amide bonds. The van der Waals surface area contributed by atoms with Crippen LogP contribution in [0.2, 0.25) is 0 Å². The molecule has 1 heterocycles. The van der Waals surface area contributed by atoms with Crippen LogP contribution in [-0.4, -0.2) is 32.2 Å². The van der Waals surface area contributed by atoms with E-state index in [1.165, 1.54) is 11.8 Å². The summed E-state index contributed by atoms with van der Waals surface area (Å²) in [5.74, 6) is 0.0408. The second-order valence-corrected chi connectivity index (χ2v) is 8.59. The maximum absolute atomic E-state index is 13.1. The van der Waals surface area contributed by atoms with Gasteiger partial charge in [-0.25, -0.2) is 4.98 Å². The summed E-state index contributed by atoms with van der Waals surface area (Å²) < 4.78 is 1.68. The normalized spacial score (nSPS) is 12.3. The summed E-state index contributed by atoms with van der Waals surface area (Å²) >= 11 is 1.35. The third-order valence-corrected chi connectivity index (χ3v) is 5.89. The first-order chi connectivity index (χ1) is 13.9. The zero-order chi connectivity index (χ0) is 21.0.